The zero-order valence-electron chi connectivity index (χ0n) is 12.5. The molecule has 0 atom stereocenters. The first-order valence-electron chi connectivity index (χ1n) is 7.39. The predicted molar refractivity (Wildman–Crippen MR) is 88.3 cm³/mol. The molecule has 0 spiro atoms. The van der Waals surface area contributed by atoms with E-state index < -0.39 is 0 Å². The Morgan fingerprint density at radius 1 is 1.04 bits per heavy atom. The molecule has 0 amide bonds. The Morgan fingerprint density at radius 2 is 1.96 bits per heavy atom. The summed E-state index contributed by atoms with van der Waals surface area (Å²) in [5, 5.41) is 11.9. The molecule has 0 aliphatic carbocycles. The van der Waals surface area contributed by atoms with Crippen LogP contribution in [0.5, 0.6) is 0 Å². The summed E-state index contributed by atoms with van der Waals surface area (Å²) in [7, 11) is 0. The number of nitrogens with zero attached hydrogens (tertiary/aromatic N) is 3. The lowest BCUT2D eigenvalue weighted by Crippen LogP contribution is -1.97. The second-order valence-electron chi connectivity index (χ2n) is 5.31. The molecular formula is C17H14FN5. The summed E-state index contributed by atoms with van der Waals surface area (Å²) in [6.07, 6.45) is 2.44. The lowest BCUT2D eigenvalue weighted by Gasteiger charge is -2.07. The largest absolute Gasteiger partial charge is 0.322 e. The highest BCUT2D eigenvalue weighted by atomic mass is 19.1. The van der Waals surface area contributed by atoms with Crippen LogP contribution in [0.3, 0.4) is 0 Å². The van der Waals surface area contributed by atoms with E-state index in [4.69, 9.17) is 0 Å². The van der Waals surface area contributed by atoms with Crippen molar-refractivity contribution in [1.82, 2.24) is 20.2 Å². The monoisotopic (exact) mass is 307 g/mol. The van der Waals surface area contributed by atoms with Crippen molar-refractivity contribution >= 4 is 33.4 Å². The van der Waals surface area contributed by atoms with E-state index in [-0.39, 0.29) is 5.82 Å². The minimum Gasteiger partial charge on any atom is -0.322 e. The third-order valence-corrected chi connectivity index (χ3v) is 3.87. The molecule has 0 saturated carbocycles. The Labute approximate surface area is 131 Å². The molecule has 0 bridgehead atoms. The van der Waals surface area contributed by atoms with Crippen LogP contribution < -0.4 is 5.32 Å². The standard InChI is InChI=1S/C17H14FN5/c1-2-10-3-5-14-12(7-10)16(20-9-19-14)21-17-13-8-11(18)4-6-15(13)22-23-17/h3-9H,2H2,1H3,(H2,19,20,21,22,23). The van der Waals surface area contributed by atoms with Crippen LogP contribution in [0.2, 0.25) is 0 Å². The van der Waals surface area contributed by atoms with Gasteiger partial charge in [-0.15, -0.1) is 0 Å². The van der Waals surface area contributed by atoms with Crippen molar-refractivity contribution in [2.45, 2.75) is 13.3 Å². The van der Waals surface area contributed by atoms with Crippen LogP contribution in [0.4, 0.5) is 16.0 Å². The quantitative estimate of drug-likeness (QED) is 0.601. The minimum atomic E-state index is -0.303. The fraction of sp³-hybridized carbons (Fsp3) is 0.118. The summed E-state index contributed by atoms with van der Waals surface area (Å²) in [6, 6.07) is 10.6. The lowest BCUT2D eigenvalue weighted by atomic mass is 10.1. The molecular weight excluding hydrogens is 293 g/mol. The molecule has 4 rings (SSSR count). The van der Waals surface area contributed by atoms with Crippen LogP contribution in [-0.2, 0) is 6.42 Å². The number of fused-ring (bicyclic) bond motifs is 2. The summed E-state index contributed by atoms with van der Waals surface area (Å²) in [6.45, 7) is 2.10. The average Bonchev–Trinajstić information content (AvgIpc) is 2.97. The van der Waals surface area contributed by atoms with Gasteiger partial charge in [-0.1, -0.05) is 13.0 Å². The highest BCUT2D eigenvalue weighted by Crippen LogP contribution is 2.27. The van der Waals surface area contributed by atoms with Gasteiger partial charge in [-0.05, 0) is 42.3 Å². The summed E-state index contributed by atoms with van der Waals surface area (Å²) < 4.78 is 13.5. The Bertz CT molecular complexity index is 1010. The first-order valence-corrected chi connectivity index (χ1v) is 7.39. The summed E-state index contributed by atoms with van der Waals surface area (Å²) >= 11 is 0. The molecule has 114 valence electrons. The van der Waals surface area contributed by atoms with Crippen LogP contribution in [0, 0.1) is 5.82 Å². The molecule has 0 fully saturated rings. The maximum atomic E-state index is 13.5. The van der Waals surface area contributed by atoms with Crippen molar-refractivity contribution in [2.24, 2.45) is 0 Å². The van der Waals surface area contributed by atoms with Crippen molar-refractivity contribution in [3.8, 4) is 0 Å². The van der Waals surface area contributed by atoms with Gasteiger partial charge < -0.3 is 5.32 Å². The van der Waals surface area contributed by atoms with E-state index in [2.05, 4.69) is 44.5 Å². The molecule has 2 heterocycles. The molecule has 2 aromatic heterocycles. The second kappa shape index (κ2) is 5.31. The van der Waals surface area contributed by atoms with E-state index in [1.54, 1.807) is 6.07 Å². The van der Waals surface area contributed by atoms with Crippen LogP contribution in [0.15, 0.2) is 42.7 Å². The maximum Gasteiger partial charge on any atom is 0.161 e. The van der Waals surface area contributed by atoms with Crippen molar-refractivity contribution in [1.29, 1.82) is 0 Å². The zero-order valence-corrected chi connectivity index (χ0v) is 12.5. The van der Waals surface area contributed by atoms with Gasteiger partial charge >= 0.3 is 0 Å². The van der Waals surface area contributed by atoms with Gasteiger partial charge in [0.05, 0.1) is 11.0 Å². The van der Waals surface area contributed by atoms with Crippen molar-refractivity contribution in [3.05, 3.63) is 54.1 Å². The van der Waals surface area contributed by atoms with Crippen molar-refractivity contribution in [2.75, 3.05) is 5.32 Å². The van der Waals surface area contributed by atoms with E-state index in [0.29, 0.717) is 17.0 Å². The zero-order chi connectivity index (χ0) is 15.8. The first kappa shape index (κ1) is 13.6. The number of H-pyrrole nitrogens is 1. The van der Waals surface area contributed by atoms with Crippen LogP contribution in [-0.4, -0.2) is 20.2 Å². The molecule has 5 nitrogen and oxygen atoms in total. The van der Waals surface area contributed by atoms with E-state index in [9.17, 15) is 4.39 Å². The van der Waals surface area contributed by atoms with Gasteiger partial charge in [-0.2, -0.15) is 5.10 Å². The Morgan fingerprint density at radius 3 is 2.83 bits per heavy atom. The number of aryl methyl sites for hydroxylation is 1. The van der Waals surface area contributed by atoms with E-state index >= 15 is 0 Å². The number of aromatic nitrogens is 4. The Balaban J connectivity index is 1.84. The lowest BCUT2D eigenvalue weighted by molar-refractivity contribution is 0.630. The molecule has 6 heteroatoms. The molecule has 2 N–H and O–H groups in total. The number of nitrogens with one attached hydrogen (secondary N) is 2. The molecule has 0 aliphatic rings. The van der Waals surface area contributed by atoms with E-state index in [1.165, 1.54) is 24.0 Å². The van der Waals surface area contributed by atoms with Gasteiger partial charge in [-0.3, -0.25) is 5.10 Å². The number of halogens is 1. The highest BCUT2D eigenvalue weighted by Gasteiger charge is 2.10. The summed E-state index contributed by atoms with van der Waals surface area (Å²) in [4.78, 5) is 8.60. The molecule has 0 unspecified atom stereocenters. The number of hydrogen-bond donors (Lipinski definition) is 2. The number of anilines is 2. The topological polar surface area (TPSA) is 66.5 Å². The molecule has 4 aromatic rings. The second-order valence-corrected chi connectivity index (χ2v) is 5.31. The van der Waals surface area contributed by atoms with Crippen molar-refractivity contribution < 1.29 is 4.39 Å². The molecule has 0 aliphatic heterocycles. The van der Waals surface area contributed by atoms with Crippen LogP contribution in [0.25, 0.3) is 21.8 Å². The van der Waals surface area contributed by atoms with Crippen molar-refractivity contribution in [3.63, 3.8) is 0 Å². The third kappa shape index (κ3) is 2.38. The van der Waals surface area contributed by atoms with Gasteiger partial charge in [0.1, 0.15) is 18.0 Å². The summed E-state index contributed by atoms with van der Waals surface area (Å²) in [5.41, 5.74) is 2.82. The number of benzene rings is 2. The van der Waals surface area contributed by atoms with Gasteiger partial charge in [-0.25, -0.2) is 14.4 Å². The Kier molecular flexibility index (Phi) is 3.15. The number of aromatic amines is 1. The van der Waals surface area contributed by atoms with Gasteiger partial charge in [0.2, 0.25) is 0 Å². The summed E-state index contributed by atoms with van der Waals surface area (Å²) in [5.74, 6) is 0.895. The molecule has 2 aromatic carbocycles. The third-order valence-electron chi connectivity index (χ3n) is 3.87. The molecule has 0 saturated heterocycles. The predicted octanol–water partition coefficient (Wildman–Crippen LogP) is 3.95. The highest BCUT2D eigenvalue weighted by molar-refractivity contribution is 5.96. The van der Waals surface area contributed by atoms with E-state index in [1.807, 2.05) is 6.07 Å². The fourth-order valence-corrected chi connectivity index (χ4v) is 2.62. The maximum absolute atomic E-state index is 13.5. The van der Waals surface area contributed by atoms with Gasteiger partial charge in [0.15, 0.2) is 5.82 Å². The average molecular weight is 307 g/mol. The minimum absolute atomic E-state index is 0.303. The number of hydrogen-bond acceptors (Lipinski definition) is 4. The van der Waals surface area contributed by atoms with Gasteiger partial charge in [0.25, 0.3) is 0 Å². The van der Waals surface area contributed by atoms with Crippen LogP contribution >= 0.6 is 0 Å². The number of rotatable bonds is 3. The van der Waals surface area contributed by atoms with Crippen LogP contribution in [0.1, 0.15) is 12.5 Å². The molecule has 0 radical (unpaired) electrons. The van der Waals surface area contributed by atoms with E-state index in [0.717, 1.165) is 22.8 Å². The Hall–Kier alpha value is -3.02. The molecule has 23 heavy (non-hydrogen) atoms. The fourth-order valence-electron chi connectivity index (χ4n) is 2.62. The van der Waals surface area contributed by atoms with Gasteiger partial charge in [0, 0.05) is 10.8 Å². The smallest absolute Gasteiger partial charge is 0.161 e. The first-order chi connectivity index (χ1) is 11.2. The SMILES string of the molecule is CCc1ccc2ncnc(Nc3n[nH]c4ccc(F)cc34)c2c1. The normalized spacial score (nSPS) is 11.2.